The maximum Gasteiger partial charge on any atom is 0.317 e. The smallest absolute Gasteiger partial charge is 0.317 e. The van der Waals surface area contributed by atoms with Gasteiger partial charge < -0.3 is 5.11 Å². The topological polar surface area (TPSA) is 69.6 Å². The van der Waals surface area contributed by atoms with Gasteiger partial charge in [-0.15, -0.1) is 0 Å². The molecule has 6 nitrogen and oxygen atoms in total. The Hall–Kier alpha value is -1.53. The van der Waals surface area contributed by atoms with Gasteiger partial charge in [0.1, 0.15) is 6.33 Å². The largest absolute Gasteiger partial charge is 0.480 e. The molecule has 1 aromatic rings. The van der Waals surface area contributed by atoms with Crippen LogP contribution in [-0.4, -0.2) is 63.6 Å². The number of carboxylic acid groups (broad SMARTS) is 1. The molecular weight excluding hydrogens is 232 g/mol. The third kappa shape index (κ3) is 4.05. The van der Waals surface area contributed by atoms with Crippen LogP contribution in [0, 0.1) is 0 Å². The van der Waals surface area contributed by atoms with Crippen LogP contribution in [0.1, 0.15) is 12.1 Å². The summed E-state index contributed by atoms with van der Waals surface area (Å²) in [6.45, 7) is 4.48. The summed E-state index contributed by atoms with van der Waals surface area (Å²) in [6, 6.07) is 1.92. The highest BCUT2D eigenvalue weighted by Gasteiger charge is 2.16. The van der Waals surface area contributed by atoms with Crippen molar-refractivity contribution >= 4 is 5.97 Å². The Balaban J connectivity index is 1.84. The predicted molar refractivity (Wildman–Crippen MR) is 66.0 cm³/mol. The Morgan fingerprint density at radius 3 is 2.78 bits per heavy atom. The monoisotopic (exact) mass is 250 g/mol. The van der Waals surface area contributed by atoms with Gasteiger partial charge in [0.25, 0.3) is 0 Å². The number of hydrogen-bond donors (Lipinski definition) is 1. The molecule has 0 aliphatic carbocycles. The summed E-state index contributed by atoms with van der Waals surface area (Å²) >= 11 is 0. The Bertz CT molecular complexity index is 385. The van der Waals surface area contributed by atoms with Crippen LogP contribution < -0.4 is 0 Å². The van der Waals surface area contributed by atoms with E-state index in [0.29, 0.717) is 0 Å². The quantitative estimate of drug-likeness (QED) is 0.815. The van der Waals surface area contributed by atoms with Crippen LogP contribution in [0.15, 0.2) is 18.6 Å². The van der Waals surface area contributed by atoms with Crippen molar-refractivity contribution in [3.05, 3.63) is 24.3 Å². The maximum atomic E-state index is 10.7. The van der Waals surface area contributed by atoms with E-state index in [-0.39, 0.29) is 6.54 Å². The van der Waals surface area contributed by atoms with Crippen molar-refractivity contribution in [3.63, 3.8) is 0 Å². The first kappa shape index (κ1) is 12.9. The number of rotatable bonds is 4. The molecule has 0 spiro atoms. The van der Waals surface area contributed by atoms with Gasteiger partial charge >= 0.3 is 5.97 Å². The molecule has 0 bridgehead atoms. The fourth-order valence-corrected chi connectivity index (χ4v) is 2.17. The molecule has 1 saturated heterocycles. The molecule has 0 atom stereocenters. The van der Waals surface area contributed by atoms with E-state index in [1.807, 2.05) is 11.0 Å². The zero-order valence-corrected chi connectivity index (χ0v) is 10.3. The SMILES string of the molecule is O=C(O)CN1CCCN(Cc2ccncn2)CC1. The van der Waals surface area contributed by atoms with E-state index in [4.69, 9.17) is 5.11 Å². The zero-order valence-electron chi connectivity index (χ0n) is 10.3. The molecule has 1 aromatic heterocycles. The Morgan fingerprint density at radius 1 is 1.28 bits per heavy atom. The van der Waals surface area contributed by atoms with Gasteiger partial charge in [-0.05, 0) is 19.0 Å². The molecule has 1 N–H and O–H groups in total. The first-order chi connectivity index (χ1) is 8.74. The van der Waals surface area contributed by atoms with E-state index in [9.17, 15) is 4.79 Å². The maximum absolute atomic E-state index is 10.7. The summed E-state index contributed by atoms with van der Waals surface area (Å²) in [6.07, 6.45) is 4.30. The number of carboxylic acids is 1. The second-order valence-electron chi connectivity index (χ2n) is 4.50. The van der Waals surface area contributed by atoms with E-state index in [1.165, 1.54) is 0 Å². The van der Waals surface area contributed by atoms with Crippen molar-refractivity contribution in [1.29, 1.82) is 0 Å². The summed E-state index contributed by atoms with van der Waals surface area (Å²) in [5.41, 5.74) is 1.01. The third-order valence-corrected chi connectivity index (χ3v) is 3.07. The summed E-state index contributed by atoms with van der Waals surface area (Å²) in [7, 11) is 0. The van der Waals surface area contributed by atoms with Crippen LogP contribution in [0.4, 0.5) is 0 Å². The molecule has 1 fully saturated rings. The minimum atomic E-state index is -0.751. The lowest BCUT2D eigenvalue weighted by Crippen LogP contribution is -2.34. The van der Waals surface area contributed by atoms with Crippen molar-refractivity contribution in [1.82, 2.24) is 19.8 Å². The van der Waals surface area contributed by atoms with E-state index in [0.717, 1.165) is 44.8 Å². The number of nitrogens with zero attached hydrogens (tertiary/aromatic N) is 4. The predicted octanol–water partition coefficient (Wildman–Crippen LogP) is 0.0689. The van der Waals surface area contributed by atoms with Gasteiger partial charge in [0, 0.05) is 32.4 Å². The molecule has 0 unspecified atom stereocenters. The lowest BCUT2D eigenvalue weighted by atomic mass is 10.3. The van der Waals surface area contributed by atoms with E-state index >= 15 is 0 Å². The molecule has 2 heterocycles. The van der Waals surface area contributed by atoms with Gasteiger partial charge in [0.15, 0.2) is 0 Å². The van der Waals surface area contributed by atoms with Crippen LogP contribution in [0.3, 0.4) is 0 Å². The van der Waals surface area contributed by atoms with Crippen molar-refractivity contribution < 1.29 is 9.90 Å². The van der Waals surface area contributed by atoms with E-state index in [1.54, 1.807) is 12.5 Å². The molecule has 0 aromatic carbocycles. The van der Waals surface area contributed by atoms with Crippen molar-refractivity contribution in [2.75, 3.05) is 32.7 Å². The van der Waals surface area contributed by atoms with Gasteiger partial charge in [-0.1, -0.05) is 0 Å². The van der Waals surface area contributed by atoms with Crippen LogP contribution in [0.25, 0.3) is 0 Å². The molecule has 98 valence electrons. The minimum Gasteiger partial charge on any atom is -0.480 e. The van der Waals surface area contributed by atoms with Crippen LogP contribution in [0.2, 0.25) is 0 Å². The number of hydrogen-bond acceptors (Lipinski definition) is 5. The summed E-state index contributed by atoms with van der Waals surface area (Å²) in [4.78, 5) is 23.1. The van der Waals surface area contributed by atoms with Gasteiger partial charge in [0.05, 0.1) is 12.2 Å². The van der Waals surface area contributed by atoms with E-state index < -0.39 is 5.97 Å². The van der Waals surface area contributed by atoms with Gasteiger partial charge in [-0.3, -0.25) is 14.6 Å². The first-order valence-corrected chi connectivity index (χ1v) is 6.15. The fourth-order valence-electron chi connectivity index (χ4n) is 2.17. The molecule has 1 aliphatic heterocycles. The first-order valence-electron chi connectivity index (χ1n) is 6.15. The van der Waals surface area contributed by atoms with Crippen molar-refractivity contribution in [2.45, 2.75) is 13.0 Å². The average molecular weight is 250 g/mol. The Morgan fingerprint density at radius 2 is 2.06 bits per heavy atom. The Kier molecular flexibility index (Phi) is 4.60. The second-order valence-corrected chi connectivity index (χ2v) is 4.50. The van der Waals surface area contributed by atoms with Crippen LogP contribution in [-0.2, 0) is 11.3 Å². The second kappa shape index (κ2) is 6.42. The Labute approximate surface area is 106 Å². The molecule has 18 heavy (non-hydrogen) atoms. The molecule has 0 radical (unpaired) electrons. The lowest BCUT2D eigenvalue weighted by Gasteiger charge is -2.20. The fraction of sp³-hybridized carbons (Fsp3) is 0.583. The lowest BCUT2D eigenvalue weighted by molar-refractivity contribution is -0.138. The van der Waals surface area contributed by atoms with Crippen LogP contribution >= 0.6 is 0 Å². The van der Waals surface area contributed by atoms with Gasteiger partial charge in [-0.2, -0.15) is 0 Å². The molecule has 1 aliphatic rings. The average Bonchev–Trinajstić information content (AvgIpc) is 2.56. The van der Waals surface area contributed by atoms with Gasteiger partial charge in [0.2, 0.25) is 0 Å². The molecule has 2 rings (SSSR count). The minimum absolute atomic E-state index is 0.140. The van der Waals surface area contributed by atoms with E-state index in [2.05, 4.69) is 14.9 Å². The van der Waals surface area contributed by atoms with Crippen molar-refractivity contribution in [3.8, 4) is 0 Å². The molecule has 0 amide bonds. The number of carbonyl (C=O) groups is 1. The number of aromatic nitrogens is 2. The zero-order chi connectivity index (χ0) is 12.8. The van der Waals surface area contributed by atoms with Crippen LogP contribution in [0.5, 0.6) is 0 Å². The highest BCUT2D eigenvalue weighted by Crippen LogP contribution is 2.06. The molecule has 0 saturated carbocycles. The normalized spacial score (nSPS) is 18.4. The van der Waals surface area contributed by atoms with Crippen molar-refractivity contribution in [2.24, 2.45) is 0 Å². The molecule has 6 heteroatoms. The standard InChI is InChI=1S/C12H18N4O2/c17-12(18)9-16-5-1-4-15(6-7-16)8-11-2-3-13-10-14-11/h2-3,10H,1,4-9H2,(H,17,18). The highest BCUT2D eigenvalue weighted by molar-refractivity contribution is 5.69. The summed E-state index contributed by atoms with van der Waals surface area (Å²) < 4.78 is 0. The summed E-state index contributed by atoms with van der Waals surface area (Å²) in [5, 5.41) is 8.79. The third-order valence-electron chi connectivity index (χ3n) is 3.07. The highest BCUT2D eigenvalue weighted by atomic mass is 16.4. The summed E-state index contributed by atoms with van der Waals surface area (Å²) in [5.74, 6) is -0.751. The molecular formula is C12H18N4O2. The van der Waals surface area contributed by atoms with Gasteiger partial charge in [-0.25, -0.2) is 9.97 Å². The number of aliphatic carboxylic acids is 1.